The molecule has 0 aliphatic heterocycles. The van der Waals surface area contributed by atoms with Crippen molar-refractivity contribution < 1.29 is 13.2 Å². The maximum atomic E-state index is 12.4. The third kappa shape index (κ3) is 1.82. The highest BCUT2D eigenvalue weighted by molar-refractivity contribution is 5.81. The molecular formula is C10H10F3N3. The Labute approximate surface area is 89.7 Å². The highest BCUT2D eigenvalue weighted by Gasteiger charge is 2.30. The highest BCUT2D eigenvalue weighted by Crippen LogP contribution is 2.26. The lowest BCUT2D eigenvalue weighted by atomic mass is 10.2. The largest absolute Gasteiger partial charge is 0.406 e. The van der Waals surface area contributed by atoms with Crippen LogP contribution in [0.1, 0.15) is 5.56 Å². The number of imidazole rings is 1. The molecule has 0 radical (unpaired) electrons. The van der Waals surface area contributed by atoms with Crippen molar-refractivity contribution in [2.75, 3.05) is 5.73 Å². The van der Waals surface area contributed by atoms with E-state index in [1.807, 2.05) is 0 Å². The molecule has 6 heteroatoms. The van der Waals surface area contributed by atoms with Gasteiger partial charge in [-0.15, -0.1) is 0 Å². The van der Waals surface area contributed by atoms with Crippen molar-refractivity contribution in [2.45, 2.75) is 19.6 Å². The average molecular weight is 229 g/mol. The van der Waals surface area contributed by atoms with E-state index in [2.05, 4.69) is 4.98 Å². The van der Waals surface area contributed by atoms with Crippen LogP contribution in [0.5, 0.6) is 0 Å². The molecule has 0 aliphatic carbocycles. The molecule has 0 saturated carbocycles. The summed E-state index contributed by atoms with van der Waals surface area (Å²) in [5.74, 6) is -0.110. The van der Waals surface area contributed by atoms with Gasteiger partial charge in [0.1, 0.15) is 6.54 Å². The summed E-state index contributed by atoms with van der Waals surface area (Å²) in [4.78, 5) is 3.90. The molecule has 2 aromatic rings. The van der Waals surface area contributed by atoms with Crippen LogP contribution in [0.4, 0.5) is 19.1 Å². The van der Waals surface area contributed by atoms with Gasteiger partial charge in [-0.25, -0.2) is 4.98 Å². The number of para-hydroxylation sites is 1. The van der Waals surface area contributed by atoms with Gasteiger partial charge in [0.15, 0.2) is 0 Å². The first-order valence-corrected chi connectivity index (χ1v) is 4.66. The maximum Gasteiger partial charge on any atom is 0.406 e. The zero-order valence-corrected chi connectivity index (χ0v) is 8.54. The third-order valence-electron chi connectivity index (χ3n) is 2.34. The Morgan fingerprint density at radius 2 is 2.06 bits per heavy atom. The van der Waals surface area contributed by atoms with Crippen LogP contribution in [0, 0.1) is 6.92 Å². The second kappa shape index (κ2) is 3.40. The number of benzene rings is 1. The van der Waals surface area contributed by atoms with E-state index in [0.29, 0.717) is 11.0 Å². The number of hydrogen-bond acceptors (Lipinski definition) is 2. The van der Waals surface area contributed by atoms with E-state index in [-0.39, 0.29) is 5.95 Å². The van der Waals surface area contributed by atoms with E-state index >= 15 is 0 Å². The summed E-state index contributed by atoms with van der Waals surface area (Å²) in [5, 5.41) is 0. The Bertz CT molecular complexity index is 528. The van der Waals surface area contributed by atoms with Gasteiger partial charge in [0, 0.05) is 0 Å². The van der Waals surface area contributed by atoms with Gasteiger partial charge in [-0.2, -0.15) is 13.2 Å². The number of nitrogens with zero attached hydrogens (tertiary/aromatic N) is 2. The zero-order valence-electron chi connectivity index (χ0n) is 8.54. The van der Waals surface area contributed by atoms with Crippen LogP contribution in [-0.2, 0) is 6.54 Å². The lowest BCUT2D eigenvalue weighted by molar-refractivity contribution is -0.139. The SMILES string of the molecule is Cc1cccc2nc(N)n(CC(F)(F)F)c12. The van der Waals surface area contributed by atoms with E-state index in [0.717, 1.165) is 10.1 Å². The Morgan fingerprint density at radius 1 is 1.38 bits per heavy atom. The summed E-state index contributed by atoms with van der Waals surface area (Å²) in [6.45, 7) is 0.622. The first-order valence-electron chi connectivity index (χ1n) is 4.66. The minimum Gasteiger partial charge on any atom is -0.369 e. The molecule has 0 fully saturated rings. The number of halogens is 3. The van der Waals surface area contributed by atoms with E-state index in [4.69, 9.17) is 5.73 Å². The summed E-state index contributed by atoms with van der Waals surface area (Å²) in [6, 6.07) is 5.12. The van der Waals surface area contributed by atoms with E-state index < -0.39 is 12.7 Å². The predicted molar refractivity (Wildman–Crippen MR) is 54.9 cm³/mol. The third-order valence-corrected chi connectivity index (χ3v) is 2.34. The number of fused-ring (bicyclic) bond motifs is 1. The zero-order chi connectivity index (χ0) is 11.9. The fourth-order valence-corrected chi connectivity index (χ4v) is 1.72. The van der Waals surface area contributed by atoms with Gasteiger partial charge in [0.25, 0.3) is 0 Å². The molecule has 0 bridgehead atoms. The van der Waals surface area contributed by atoms with Crippen molar-refractivity contribution in [3.05, 3.63) is 23.8 Å². The van der Waals surface area contributed by atoms with Crippen molar-refractivity contribution in [1.29, 1.82) is 0 Å². The Balaban J connectivity index is 2.64. The molecule has 1 heterocycles. The Hall–Kier alpha value is -1.72. The smallest absolute Gasteiger partial charge is 0.369 e. The first-order chi connectivity index (χ1) is 7.38. The lowest BCUT2D eigenvalue weighted by Crippen LogP contribution is -2.19. The molecular weight excluding hydrogens is 219 g/mol. The van der Waals surface area contributed by atoms with E-state index in [1.165, 1.54) is 0 Å². The quantitative estimate of drug-likeness (QED) is 0.816. The summed E-state index contributed by atoms with van der Waals surface area (Å²) in [6.07, 6.45) is -4.30. The summed E-state index contributed by atoms with van der Waals surface area (Å²) in [7, 11) is 0. The summed E-state index contributed by atoms with van der Waals surface area (Å²) in [5.41, 5.74) is 7.14. The number of nitrogens with two attached hydrogens (primary N) is 1. The lowest BCUT2D eigenvalue weighted by Gasteiger charge is -2.10. The van der Waals surface area contributed by atoms with Crippen molar-refractivity contribution in [2.24, 2.45) is 0 Å². The molecule has 0 amide bonds. The van der Waals surface area contributed by atoms with Gasteiger partial charge in [-0.1, -0.05) is 12.1 Å². The predicted octanol–water partition coefficient (Wildman–Crippen LogP) is 2.49. The number of aromatic nitrogens is 2. The standard InChI is InChI=1S/C10H10F3N3/c1-6-3-2-4-7-8(6)16(9(14)15-7)5-10(11,12)13/h2-4H,5H2,1H3,(H2,14,15). The van der Waals surface area contributed by atoms with E-state index in [1.54, 1.807) is 25.1 Å². The summed E-state index contributed by atoms with van der Waals surface area (Å²) >= 11 is 0. The summed E-state index contributed by atoms with van der Waals surface area (Å²) < 4.78 is 38.1. The fourth-order valence-electron chi connectivity index (χ4n) is 1.72. The normalized spacial score (nSPS) is 12.2. The molecule has 86 valence electrons. The first kappa shape index (κ1) is 10.8. The van der Waals surface area contributed by atoms with Gasteiger partial charge < -0.3 is 10.3 Å². The highest BCUT2D eigenvalue weighted by atomic mass is 19.4. The van der Waals surface area contributed by atoms with Crippen LogP contribution in [0.3, 0.4) is 0 Å². The number of nitrogen functional groups attached to an aromatic ring is 1. The molecule has 3 nitrogen and oxygen atoms in total. The molecule has 1 aromatic heterocycles. The fraction of sp³-hybridized carbons (Fsp3) is 0.300. The monoisotopic (exact) mass is 229 g/mol. The Morgan fingerprint density at radius 3 is 2.69 bits per heavy atom. The molecule has 1 aromatic carbocycles. The van der Waals surface area contributed by atoms with Gasteiger partial charge >= 0.3 is 6.18 Å². The number of hydrogen-bond donors (Lipinski definition) is 1. The van der Waals surface area contributed by atoms with Gasteiger partial charge in [-0.3, -0.25) is 0 Å². The number of aryl methyl sites for hydroxylation is 1. The van der Waals surface area contributed by atoms with Gasteiger partial charge in [-0.05, 0) is 18.6 Å². The number of anilines is 1. The topological polar surface area (TPSA) is 43.8 Å². The van der Waals surface area contributed by atoms with Crippen molar-refractivity contribution in [3.8, 4) is 0 Å². The molecule has 0 aliphatic rings. The van der Waals surface area contributed by atoms with Crippen LogP contribution in [-0.4, -0.2) is 15.7 Å². The van der Waals surface area contributed by atoms with Crippen molar-refractivity contribution in [3.63, 3.8) is 0 Å². The van der Waals surface area contributed by atoms with Crippen molar-refractivity contribution >= 4 is 17.0 Å². The molecule has 0 spiro atoms. The number of alkyl halides is 3. The molecule has 16 heavy (non-hydrogen) atoms. The van der Waals surface area contributed by atoms with Crippen LogP contribution in [0.25, 0.3) is 11.0 Å². The molecule has 0 saturated heterocycles. The average Bonchev–Trinajstić information content (AvgIpc) is 2.42. The second-order valence-electron chi connectivity index (χ2n) is 3.61. The van der Waals surface area contributed by atoms with Gasteiger partial charge in [0.05, 0.1) is 11.0 Å². The minimum atomic E-state index is -4.30. The molecule has 0 unspecified atom stereocenters. The molecule has 2 rings (SSSR count). The number of rotatable bonds is 1. The van der Waals surface area contributed by atoms with Crippen LogP contribution < -0.4 is 5.73 Å². The second-order valence-corrected chi connectivity index (χ2v) is 3.61. The van der Waals surface area contributed by atoms with Crippen LogP contribution in [0.15, 0.2) is 18.2 Å². The Kier molecular flexibility index (Phi) is 2.29. The van der Waals surface area contributed by atoms with Crippen LogP contribution in [0.2, 0.25) is 0 Å². The molecule has 0 atom stereocenters. The van der Waals surface area contributed by atoms with E-state index in [9.17, 15) is 13.2 Å². The van der Waals surface area contributed by atoms with Crippen LogP contribution >= 0.6 is 0 Å². The minimum absolute atomic E-state index is 0.110. The van der Waals surface area contributed by atoms with Crippen molar-refractivity contribution in [1.82, 2.24) is 9.55 Å². The van der Waals surface area contributed by atoms with Gasteiger partial charge in [0.2, 0.25) is 5.95 Å². The molecule has 2 N–H and O–H groups in total. The maximum absolute atomic E-state index is 12.4.